The molecule has 1 heteroatoms. The summed E-state index contributed by atoms with van der Waals surface area (Å²) in [7, 11) is 0. The first-order valence-electron chi connectivity index (χ1n) is 5.05. The SMILES string of the molecule is C=Cc1cccc(C(C)C(Cl)CC)c1. The average Bonchev–Trinajstić information content (AvgIpc) is 2.27. The van der Waals surface area contributed by atoms with Gasteiger partial charge in [-0.1, -0.05) is 50.8 Å². The minimum absolute atomic E-state index is 0.218. The summed E-state index contributed by atoms with van der Waals surface area (Å²) in [5, 5.41) is 0.218. The van der Waals surface area contributed by atoms with Crippen LogP contribution < -0.4 is 0 Å². The van der Waals surface area contributed by atoms with Crippen LogP contribution in [-0.2, 0) is 0 Å². The highest BCUT2D eigenvalue weighted by molar-refractivity contribution is 6.21. The van der Waals surface area contributed by atoms with Crippen LogP contribution in [0.3, 0.4) is 0 Å². The van der Waals surface area contributed by atoms with Crippen LogP contribution in [0.2, 0.25) is 0 Å². The highest BCUT2D eigenvalue weighted by atomic mass is 35.5. The van der Waals surface area contributed by atoms with Gasteiger partial charge in [0, 0.05) is 5.38 Å². The smallest absolute Gasteiger partial charge is 0.0399 e. The van der Waals surface area contributed by atoms with Crippen LogP contribution in [0, 0.1) is 0 Å². The second-order valence-electron chi connectivity index (χ2n) is 3.59. The predicted octanol–water partition coefficient (Wildman–Crippen LogP) is 4.45. The van der Waals surface area contributed by atoms with Crippen LogP contribution in [0.4, 0.5) is 0 Å². The number of rotatable bonds is 4. The summed E-state index contributed by atoms with van der Waals surface area (Å²) >= 11 is 6.22. The maximum absolute atomic E-state index is 6.22. The molecule has 0 heterocycles. The standard InChI is InChI=1S/C13H17Cl/c1-4-11-7-6-8-12(9-11)10(3)13(14)5-2/h4,6-10,13H,1,5H2,2-3H3. The maximum atomic E-state index is 6.22. The van der Waals surface area contributed by atoms with E-state index < -0.39 is 0 Å². The number of alkyl halides is 1. The Morgan fingerprint density at radius 2 is 2.21 bits per heavy atom. The van der Waals surface area contributed by atoms with Gasteiger partial charge in [0.25, 0.3) is 0 Å². The number of halogens is 1. The van der Waals surface area contributed by atoms with Crippen molar-refractivity contribution >= 4 is 17.7 Å². The Morgan fingerprint density at radius 3 is 2.79 bits per heavy atom. The molecule has 0 bridgehead atoms. The lowest BCUT2D eigenvalue weighted by Gasteiger charge is -2.17. The third kappa shape index (κ3) is 2.62. The van der Waals surface area contributed by atoms with Crippen LogP contribution in [0.25, 0.3) is 6.08 Å². The minimum atomic E-state index is 0.218. The molecule has 0 saturated heterocycles. The topological polar surface area (TPSA) is 0 Å². The van der Waals surface area contributed by atoms with E-state index in [0.29, 0.717) is 5.92 Å². The van der Waals surface area contributed by atoms with Gasteiger partial charge in [-0.25, -0.2) is 0 Å². The van der Waals surface area contributed by atoms with E-state index >= 15 is 0 Å². The van der Waals surface area contributed by atoms with Gasteiger partial charge in [-0.05, 0) is 23.5 Å². The summed E-state index contributed by atoms with van der Waals surface area (Å²) in [4.78, 5) is 0. The molecule has 76 valence electrons. The Bertz CT molecular complexity index is 304. The van der Waals surface area contributed by atoms with Gasteiger partial charge < -0.3 is 0 Å². The van der Waals surface area contributed by atoms with E-state index in [1.807, 2.05) is 6.08 Å². The van der Waals surface area contributed by atoms with Gasteiger partial charge in [-0.3, -0.25) is 0 Å². The monoisotopic (exact) mass is 208 g/mol. The first-order chi connectivity index (χ1) is 6.69. The zero-order chi connectivity index (χ0) is 10.6. The van der Waals surface area contributed by atoms with Gasteiger partial charge in [0.2, 0.25) is 0 Å². The summed E-state index contributed by atoms with van der Waals surface area (Å²) in [5.74, 6) is 0.404. The van der Waals surface area contributed by atoms with Crippen molar-refractivity contribution in [3.63, 3.8) is 0 Å². The quantitative estimate of drug-likeness (QED) is 0.642. The zero-order valence-electron chi connectivity index (χ0n) is 8.83. The zero-order valence-corrected chi connectivity index (χ0v) is 9.59. The molecule has 0 nitrogen and oxygen atoms in total. The molecule has 0 aliphatic heterocycles. The molecule has 0 amide bonds. The van der Waals surface area contributed by atoms with Gasteiger partial charge in [0.05, 0.1) is 0 Å². The summed E-state index contributed by atoms with van der Waals surface area (Å²) in [5.41, 5.74) is 2.46. The molecule has 1 aromatic rings. The van der Waals surface area contributed by atoms with Crippen LogP contribution in [0.1, 0.15) is 37.3 Å². The van der Waals surface area contributed by atoms with Crippen molar-refractivity contribution in [1.82, 2.24) is 0 Å². The van der Waals surface area contributed by atoms with E-state index in [1.165, 1.54) is 5.56 Å². The maximum Gasteiger partial charge on any atom is 0.0399 e. The van der Waals surface area contributed by atoms with Gasteiger partial charge in [-0.15, -0.1) is 11.6 Å². The van der Waals surface area contributed by atoms with Gasteiger partial charge in [0.15, 0.2) is 0 Å². The first-order valence-corrected chi connectivity index (χ1v) is 5.49. The highest BCUT2D eigenvalue weighted by Crippen LogP contribution is 2.26. The minimum Gasteiger partial charge on any atom is -0.122 e. The molecule has 1 aromatic carbocycles. The van der Waals surface area contributed by atoms with E-state index in [0.717, 1.165) is 12.0 Å². The number of hydrogen-bond acceptors (Lipinski definition) is 0. The third-order valence-corrected chi connectivity index (χ3v) is 3.29. The summed E-state index contributed by atoms with van der Waals surface area (Å²) in [6, 6.07) is 8.39. The Labute approximate surface area is 91.6 Å². The number of hydrogen-bond donors (Lipinski definition) is 0. The van der Waals surface area contributed by atoms with Crippen molar-refractivity contribution in [3.8, 4) is 0 Å². The fourth-order valence-corrected chi connectivity index (χ4v) is 1.68. The molecule has 0 aromatic heterocycles. The van der Waals surface area contributed by atoms with Gasteiger partial charge >= 0.3 is 0 Å². The van der Waals surface area contributed by atoms with E-state index in [-0.39, 0.29) is 5.38 Å². The van der Waals surface area contributed by atoms with E-state index in [9.17, 15) is 0 Å². The van der Waals surface area contributed by atoms with Gasteiger partial charge in [0.1, 0.15) is 0 Å². The van der Waals surface area contributed by atoms with Crippen molar-refractivity contribution in [3.05, 3.63) is 42.0 Å². The molecule has 0 aliphatic carbocycles. The second kappa shape index (κ2) is 5.21. The van der Waals surface area contributed by atoms with E-state index in [1.54, 1.807) is 0 Å². The lowest BCUT2D eigenvalue weighted by molar-refractivity contribution is 0.674. The Morgan fingerprint density at radius 1 is 1.50 bits per heavy atom. The highest BCUT2D eigenvalue weighted by Gasteiger charge is 2.14. The molecule has 1 rings (SSSR count). The van der Waals surface area contributed by atoms with Crippen LogP contribution in [0.5, 0.6) is 0 Å². The fraction of sp³-hybridized carbons (Fsp3) is 0.385. The molecule has 0 radical (unpaired) electrons. The lowest BCUT2D eigenvalue weighted by atomic mass is 9.95. The first kappa shape index (κ1) is 11.3. The lowest BCUT2D eigenvalue weighted by Crippen LogP contribution is -2.08. The molecular formula is C13H17Cl. The van der Waals surface area contributed by atoms with Crippen LogP contribution in [-0.4, -0.2) is 5.38 Å². The molecule has 0 aliphatic rings. The predicted molar refractivity (Wildman–Crippen MR) is 64.9 cm³/mol. The average molecular weight is 209 g/mol. The van der Waals surface area contributed by atoms with Crippen molar-refractivity contribution < 1.29 is 0 Å². The second-order valence-corrected chi connectivity index (χ2v) is 4.15. The Kier molecular flexibility index (Phi) is 4.21. The molecule has 0 N–H and O–H groups in total. The number of benzene rings is 1. The largest absolute Gasteiger partial charge is 0.122 e. The summed E-state index contributed by atoms with van der Waals surface area (Å²) in [6.07, 6.45) is 2.87. The Balaban J connectivity index is 2.89. The van der Waals surface area contributed by atoms with Crippen molar-refractivity contribution in [2.45, 2.75) is 31.6 Å². The van der Waals surface area contributed by atoms with Crippen LogP contribution in [0.15, 0.2) is 30.8 Å². The van der Waals surface area contributed by atoms with Crippen molar-refractivity contribution in [2.75, 3.05) is 0 Å². The summed E-state index contributed by atoms with van der Waals surface area (Å²) in [6.45, 7) is 8.05. The molecule has 0 spiro atoms. The van der Waals surface area contributed by atoms with Crippen LogP contribution >= 0.6 is 11.6 Å². The van der Waals surface area contributed by atoms with Gasteiger partial charge in [-0.2, -0.15) is 0 Å². The molecule has 14 heavy (non-hydrogen) atoms. The van der Waals surface area contributed by atoms with Crippen molar-refractivity contribution in [1.29, 1.82) is 0 Å². The molecule has 0 saturated carbocycles. The normalized spacial score (nSPS) is 14.8. The molecule has 2 unspecified atom stereocenters. The Hall–Kier alpha value is -0.750. The molecule has 2 atom stereocenters. The summed E-state index contributed by atoms with van der Waals surface area (Å²) < 4.78 is 0. The molecule has 0 fully saturated rings. The molecular weight excluding hydrogens is 192 g/mol. The van der Waals surface area contributed by atoms with E-state index in [2.05, 4.69) is 44.7 Å². The third-order valence-electron chi connectivity index (χ3n) is 2.60. The fourth-order valence-electron chi connectivity index (χ4n) is 1.53. The van der Waals surface area contributed by atoms with E-state index in [4.69, 9.17) is 11.6 Å². The van der Waals surface area contributed by atoms with Crippen molar-refractivity contribution in [2.24, 2.45) is 0 Å².